The average molecular weight is 190 g/mol. The van der Waals surface area contributed by atoms with Gasteiger partial charge in [0.1, 0.15) is 0 Å². The Hall–Kier alpha value is -1.31. The zero-order valence-corrected chi connectivity index (χ0v) is 8.07. The van der Waals surface area contributed by atoms with E-state index in [0.29, 0.717) is 0 Å². The molecule has 0 heterocycles. The van der Waals surface area contributed by atoms with Gasteiger partial charge < -0.3 is 5.11 Å². The number of hydrogen-bond acceptors (Lipinski definition) is 1. The topological polar surface area (TPSA) is 37.3 Å². The van der Waals surface area contributed by atoms with Crippen molar-refractivity contribution < 1.29 is 9.90 Å². The molecule has 14 heavy (non-hydrogen) atoms. The van der Waals surface area contributed by atoms with Crippen LogP contribution >= 0.6 is 0 Å². The second-order valence-corrected chi connectivity index (χ2v) is 4.03. The van der Waals surface area contributed by atoms with E-state index in [2.05, 4.69) is 12.1 Å². The zero-order valence-electron chi connectivity index (χ0n) is 8.07. The van der Waals surface area contributed by atoms with Crippen LogP contribution in [0.2, 0.25) is 0 Å². The van der Waals surface area contributed by atoms with Gasteiger partial charge in [-0.3, -0.25) is 4.79 Å². The van der Waals surface area contributed by atoms with E-state index in [9.17, 15) is 4.79 Å². The first-order valence-corrected chi connectivity index (χ1v) is 5.03. The van der Waals surface area contributed by atoms with E-state index in [0.717, 1.165) is 17.9 Å². The Labute approximate surface area is 83.6 Å². The van der Waals surface area contributed by atoms with Crippen LogP contribution in [-0.2, 0) is 17.6 Å². The minimum atomic E-state index is -0.764. The van der Waals surface area contributed by atoms with Crippen molar-refractivity contribution in [2.24, 2.45) is 5.92 Å². The van der Waals surface area contributed by atoms with E-state index in [-0.39, 0.29) is 6.42 Å². The second kappa shape index (κ2) is 3.82. The third-order valence-corrected chi connectivity index (χ3v) is 2.60. The number of carboxylic acids is 1. The lowest BCUT2D eigenvalue weighted by molar-refractivity contribution is -0.136. The number of benzene rings is 1. The van der Waals surface area contributed by atoms with Crippen LogP contribution in [0.4, 0.5) is 0 Å². The number of carboxylic acid groups (broad SMARTS) is 1. The van der Waals surface area contributed by atoms with E-state index >= 15 is 0 Å². The Morgan fingerprint density at radius 2 is 1.79 bits per heavy atom. The van der Waals surface area contributed by atoms with Crippen molar-refractivity contribution in [3.05, 3.63) is 35.4 Å². The molecule has 2 nitrogen and oxygen atoms in total. The molecule has 1 aliphatic carbocycles. The number of rotatable bonds is 4. The quantitative estimate of drug-likeness (QED) is 0.790. The summed E-state index contributed by atoms with van der Waals surface area (Å²) in [6.07, 6.45) is 4.00. The second-order valence-electron chi connectivity index (χ2n) is 4.03. The van der Waals surface area contributed by atoms with Gasteiger partial charge in [0.2, 0.25) is 0 Å². The minimum Gasteiger partial charge on any atom is -0.481 e. The van der Waals surface area contributed by atoms with Crippen LogP contribution < -0.4 is 0 Å². The van der Waals surface area contributed by atoms with E-state index in [1.54, 1.807) is 0 Å². The first kappa shape index (κ1) is 9.25. The molecule has 0 bridgehead atoms. The van der Waals surface area contributed by atoms with Crippen LogP contribution in [0.5, 0.6) is 0 Å². The molecule has 1 N–H and O–H groups in total. The fraction of sp³-hybridized carbons (Fsp3) is 0.417. The van der Waals surface area contributed by atoms with Gasteiger partial charge in [-0.1, -0.05) is 24.3 Å². The summed E-state index contributed by atoms with van der Waals surface area (Å²) in [5.74, 6) is 0.125. The Kier molecular flexibility index (Phi) is 2.53. The monoisotopic (exact) mass is 190 g/mol. The maximum absolute atomic E-state index is 10.4. The van der Waals surface area contributed by atoms with Gasteiger partial charge in [0.05, 0.1) is 6.42 Å². The molecule has 1 saturated carbocycles. The highest BCUT2D eigenvalue weighted by atomic mass is 16.4. The summed E-state index contributed by atoms with van der Waals surface area (Å²) in [5.41, 5.74) is 2.22. The van der Waals surface area contributed by atoms with Crippen molar-refractivity contribution in [1.29, 1.82) is 0 Å². The molecule has 1 fully saturated rings. The minimum absolute atomic E-state index is 0.129. The molecule has 0 spiro atoms. The van der Waals surface area contributed by atoms with Crippen LogP contribution in [0.15, 0.2) is 24.3 Å². The molecule has 1 aromatic carbocycles. The fourth-order valence-electron chi connectivity index (χ4n) is 1.62. The molecule has 2 rings (SSSR count). The Morgan fingerprint density at radius 3 is 2.29 bits per heavy atom. The van der Waals surface area contributed by atoms with Crippen LogP contribution in [0, 0.1) is 5.92 Å². The molecule has 0 aromatic heterocycles. The Bertz CT molecular complexity index is 323. The predicted octanol–water partition coefficient (Wildman–Crippen LogP) is 2.27. The highest BCUT2D eigenvalue weighted by molar-refractivity contribution is 5.70. The van der Waals surface area contributed by atoms with Crippen LogP contribution in [0.1, 0.15) is 24.0 Å². The van der Waals surface area contributed by atoms with Crippen molar-refractivity contribution in [2.75, 3.05) is 0 Å². The van der Waals surface area contributed by atoms with Gasteiger partial charge >= 0.3 is 5.97 Å². The summed E-state index contributed by atoms with van der Waals surface area (Å²) >= 11 is 0. The van der Waals surface area contributed by atoms with Gasteiger partial charge in [-0.05, 0) is 36.3 Å². The smallest absolute Gasteiger partial charge is 0.307 e. The van der Waals surface area contributed by atoms with E-state index in [1.165, 1.54) is 18.4 Å². The molecular weight excluding hydrogens is 176 g/mol. The molecule has 0 atom stereocenters. The van der Waals surface area contributed by atoms with Crippen molar-refractivity contribution in [3.63, 3.8) is 0 Å². The summed E-state index contributed by atoms with van der Waals surface area (Å²) < 4.78 is 0. The van der Waals surface area contributed by atoms with E-state index in [4.69, 9.17) is 5.11 Å². The fourth-order valence-corrected chi connectivity index (χ4v) is 1.62. The maximum Gasteiger partial charge on any atom is 0.307 e. The summed E-state index contributed by atoms with van der Waals surface area (Å²) in [5, 5.41) is 8.59. The molecule has 0 saturated heterocycles. The molecule has 1 aromatic rings. The molecule has 0 unspecified atom stereocenters. The summed E-state index contributed by atoms with van der Waals surface area (Å²) in [4.78, 5) is 10.4. The molecule has 0 amide bonds. The lowest BCUT2D eigenvalue weighted by Crippen LogP contribution is -1.99. The van der Waals surface area contributed by atoms with Gasteiger partial charge in [0, 0.05) is 0 Å². The number of hydrogen-bond donors (Lipinski definition) is 1. The van der Waals surface area contributed by atoms with Crippen LogP contribution in [-0.4, -0.2) is 11.1 Å². The van der Waals surface area contributed by atoms with Crippen molar-refractivity contribution in [3.8, 4) is 0 Å². The largest absolute Gasteiger partial charge is 0.481 e. The lowest BCUT2D eigenvalue weighted by atomic mass is 10.1. The maximum atomic E-state index is 10.4. The predicted molar refractivity (Wildman–Crippen MR) is 54.2 cm³/mol. The summed E-state index contributed by atoms with van der Waals surface area (Å²) in [6.45, 7) is 0. The zero-order chi connectivity index (χ0) is 9.97. The van der Waals surface area contributed by atoms with Gasteiger partial charge in [-0.2, -0.15) is 0 Å². The van der Waals surface area contributed by atoms with Crippen molar-refractivity contribution in [1.82, 2.24) is 0 Å². The summed E-state index contributed by atoms with van der Waals surface area (Å²) in [7, 11) is 0. The number of aliphatic carboxylic acids is 1. The van der Waals surface area contributed by atoms with Crippen LogP contribution in [0.25, 0.3) is 0 Å². The molecule has 1 aliphatic rings. The first-order valence-electron chi connectivity index (χ1n) is 5.03. The van der Waals surface area contributed by atoms with Gasteiger partial charge in [0.25, 0.3) is 0 Å². The SMILES string of the molecule is O=C(O)Cc1ccc(CC2CC2)cc1. The average Bonchev–Trinajstić information content (AvgIpc) is 2.91. The van der Waals surface area contributed by atoms with Gasteiger partial charge in [-0.15, -0.1) is 0 Å². The van der Waals surface area contributed by atoms with E-state index < -0.39 is 5.97 Å². The van der Waals surface area contributed by atoms with Crippen molar-refractivity contribution >= 4 is 5.97 Å². The molecule has 0 aliphatic heterocycles. The lowest BCUT2D eigenvalue weighted by Gasteiger charge is -2.01. The van der Waals surface area contributed by atoms with E-state index in [1.807, 2.05) is 12.1 Å². The highest BCUT2D eigenvalue weighted by Crippen LogP contribution is 2.32. The summed E-state index contributed by atoms with van der Waals surface area (Å²) in [6, 6.07) is 7.95. The third-order valence-electron chi connectivity index (χ3n) is 2.60. The van der Waals surface area contributed by atoms with Crippen LogP contribution in [0.3, 0.4) is 0 Å². The number of carbonyl (C=O) groups is 1. The normalized spacial score (nSPS) is 15.4. The highest BCUT2D eigenvalue weighted by Gasteiger charge is 2.21. The van der Waals surface area contributed by atoms with Gasteiger partial charge in [0.15, 0.2) is 0 Å². The Balaban J connectivity index is 1.97. The molecule has 2 heteroatoms. The molecule has 74 valence electrons. The molecule has 0 radical (unpaired) electrons. The Morgan fingerprint density at radius 1 is 1.21 bits per heavy atom. The standard InChI is InChI=1S/C12H14O2/c13-12(14)8-11-5-3-10(4-6-11)7-9-1-2-9/h3-6,9H,1-2,7-8H2,(H,13,14). The van der Waals surface area contributed by atoms with Crippen molar-refractivity contribution in [2.45, 2.75) is 25.7 Å². The first-order chi connectivity index (χ1) is 6.74. The third kappa shape index (κ3) is 2.59. The van der Waals surface area contributed by atoms with Gasteiger partial charge in [-0.25, -0.2) is 0 Å². The molecular formula is C12H14O2.